The fourth-order valence-corrected chi connectivity index (χ4v) is 3.75. The Hall–Kier alpha value is -3.10. The molecular formula is C25H17ClF11NO2. The van der Waals surface area contributed by atoms with E-state index in [2.05, 4.69) is 5.32 Å². The van der Waals surface area contributed by atoms with Gasteiger partial charge in [0.25, 0.3) is 0 Å². The number of halogens is 12. The van der Waals surface area contributed by atoms with Gasteiger partial charge < -0.3 is 15.2 Å². The first-order valence-corrected chi connectivity index (χ1v) is 11.4. The number of benzene rings is 3. The van der Waals surface area contributed by atoms with Gasteiger partial charge >= 0.3 is 24.5 Å². The van der Waals surface area contributed by atoms with E-state index in [1.54, 1.807) is 0 Å². The van der Waals surface area contributed by atoms with Crippen LogP contribution in [0.4, 0.5) is 48.3 Å². The molecular weight excluding hydrogens is 591 g/mol. The summed E-state index contributed by atoms with van der Waals surface area (Å²) in [5.74, 6) is -5.79. The van der Waals surface area contributed by atoms with E-state index in [9.17, 15) is 53.4 Å². The highest BCUT2D eigenvalue weighted by molar-refractivity contribution is 6.31. The Morgan fingerprint density at radius 2 is 1.32 bits per heavy atom. The monoisotopic (exact) mass is 607 g/mol. The molecule has 0 aromatic heterocycles. The molecule has 0 aliphatic carbocycles. The number of alkyl halides is 11. The van der Waals surface area contributed by atoms with Gasteiger partial charge in [-0.1, -0.05) is 41.9 Å². The van der Waals surface area contributed by atoms with E-state index in [4.69, 9.17) is 16.3 Å². The molecule has 0 heterocycles. The van der Waals surface area contributed by atoms with Crippen LogP contribution >= 0.6 is 11.6 Å². The SMILES string of the molecule is O[C@H](CNC(c1cccc(Oc2ccc(Cl)c(C(F)(F)F)c2)c1)c1cccc(C(F)(F)C(F)(F)F)c1)C(F)(F)F. The number of nitrogens with one attached hydrogen (secondary N) is 1. The van der Waals surface area contributed by atoms with E-state index in [1.165, 1.54) is 18.2 Å². The quantitative estimate of drug-likeness (QED) is 0.253. The molecule has 1 unspecified atom stereocenters. The van der Waals surface area contributed by atoms with Crippen LogP contribution in [-0.4, -0.2) is 30.1 Å². The Bertz CT molecular complexity index is 1320. The number of hydrogen-bond acceptors (Lipinski definition) is 3. The van der Waals surface area contributed by atoms with E-state index in [0.29, 0.717) is 18.2 Å². The molecule has 0 saturated heterocycles. The standard InChI is InChI=1S/C25H17ClF11NO2/c26-19-8-7-17(11-18(19)23(29,30)31)40-16-6-2-4-14(10-16)21(38-12-20(39)24(32,33)34)13-3-1-5-15(9-13)22(27,28)25(35,36)37/h1-11,20-21,38-39H,12H2/t20-,21?/m1/s1. The molecule has 40 heavy (non-hydrogen) atoms. The highest BCUT2D eigenvalue weighted by Gasteiger charge is 2.58. The smallest absolute Gasteiger partial charge is 0.457 e. The van der Waals surface area contributed by atoms with Crippen molar-refractivity contribution in [3.63, 3.8) is 0 Å². The molecule has 0 saturated carbocycles. The lowest BCUT2D eigenvalue weighted by Gasteiger charge is -2.25. The Morgan fingerprint density at radius 1 is 0.750 bits per heavy atom. The molecule has 3 rings (SSSR count). The van der Waals surface area contributed by atoms with Gasteiger partial charge in [0.15, 0.2) is 6.10 Å². The van der Waals surface area contributed by atoms with Crippen molar-refractivity contribution in [2.45, 2.75) is 36.6 Å². The number of aliphatic hydroxyl groups is 1. The normalized spacial score (nSPS) is 14.6. The van der Waals surface area contributed by atoms with Crippen molar-refractivity contribution in [1.29, 1.82) is 0 Å². The van der Waals surface area contributed by atoms with Crippen molar-refractivity contribution < 1.29 is 58.1 Å². The van der Waals surface area contributed by atoms with E-state index >= 15 is 0 Å². The summed E-state index contributed by atoms with van der Waals surface area (Å²) in [6.07, 6.45) is -18.8. The summed E-state index contributed by atoms with van der Waals surface area (Å²) in [7, 11) is 0. The van der Waals surface area contributed by atoms with Gasteiger partial charge in [-0.25, -0.2) is 0 Å². The van der Waals surface area contributed by atoms with Crippen molar-refractivity contribution in [2.24, 2.45) is 0 Å². The maximum atomic E-state index is 14.0. The van der Waals surface area contributed by atoms with Crippen LogP contribution in [0.2, 0.25) is 5.02 Å². The lowest BCUT2D eigenvalue weighted by molar-refractivity contribution is -0.289. The Kier molecular flexibility index (Phi) is 8.97. The second-order valence-corrected chi connectivity index (χ2v) is 8.82. The minimum absolute atomic E-state index is 0.0376. The molecule has 0 aliphatic rings. The van der Waals surface area contributed by atoms with Crippen LogP contribution in [0.1, 0.15) is 28.3 Å². The third-order valence-electron chi connectivity index (χ3n) is 5.50. The largest absolute Gasteiger partial charge is 0.458 e. The second-order valence-electron chi connectivity index (χ2n) is 8.41. The van der Waals surface area contributed by atoms with Crippen LogP contribution in [0.5, 0.6) is 11.5 Å². The number of hydrogen-bond donors (Lipinski definition) is 2. The highest BCUT2D eigenvalue weighted by atomic mass is 35.5. The van der Waals surface area contributed by atoms with Crippen LogP contribution < -0.4 is 10.1 Å². The molecule has 3 aromatic carbocycles. The van der Waals surface area contributed by atoms with Gasteiger partial charge in [0.05, 0.1) is 16.6 Å². The van der Waals surface area contributed by atoms with Gasteiger partial charge in [0.2, 0.25) is 0 Å². The fraction of sp³-hybridized carbons (Fsp3) is 0.280. The first-order chi connectivity index (χ1) is 18.3. The lowest BCUT2D eigenvalue weighted by atomic mass is 9.95. The zero-order chi connectivity index (χ0) is 30.1. The average molecular weight is 608 g/mol. The van der Waals surface area contributed by atoms with Gasteiger partial charge in [-0.15, -0.1) is 0 Å². The summed E-state index contributed by atoms with van der Waals surface area (Å²) in [6, 6.07) is 8.81. The van der Waals surface area contributed by atoms with Crippen LogP contribution in [0.25, 0.3) is 0 Å². The van der Waals surface area contributed by atoms with Gasteiger partial charge in [0, 0.05) is 12.1 Å². The maximum Gasteiger partial charge on any atom is 0.458 e. The van der Waals surface area contributed by atoms with Crippen LogP contribution in [0.15, 0.2) is 66.7 Å². The van der Waals surface area contributed by atoms with E-state index in [0.717, 1.165) is 30.3 Å². The topological polar surface area (TPSA) is 41.5 Å². The van der Waals surface area contributed by atoms with Crippen molar-refractivity contribution >= 4 is 11.6 Å². The molecule has 0 aliphatic heterocycles. The Balaban J connectivity index is 2.02. The second kappa shape index (κ2) is 11.4. The molecule has 218 valence electrons. The molecule has 15 heteroatoms. The third-order valence-corrected chi connectivity index (χ3v) is 5.83. The van der Waals surface area contributed by atoms with E-state index in [-0.39, 0.29) is 22.6 Å². The van der Waals surface area contributed by atoms with Crippen molar-refractivity contribution in [3.8, 4) is 11.5 Å². The number of ether oxygens (including phenoxy) is 1. The summed E-state index contributed by atoms with van der Waals surface area (Å²) in [5, 5.41) is 11.1. The minimum Gasteiger partial charge on any atom is -0.457 e. The molecule has 0 radical (unpaired) electrons. The van der Waals surface area contributed by atoms with Gasteiger partial charge in [-0.05, 0) is 47.5 Å². The van der Waals surface area contributed by atoms with Crippen molar-refractivity contribution in [3.05, 3.63) is 94.0 Å². The molecule has 2 atom stereocenters. The van der Waals surface area contributed by atoms with Gasteiger partial charge in [0.1, 0.15) is 11.5 Å². The van der Waals surface area contributed by atoms with Gasteiger partial charge in [-0.3, -0.25) is 0 Å². The van der Waals surface area contributed by atoms with E-state index < -0.39 is 59.3 Å². The molecule has 3 aromatic rings. The van der Waals surface area contributed by atoms with Crippen LogP contribution in [0, 0.1) is 0 Å². The van der Waals surface area contributed by atoms with Crippen LogP contribution in [0.3, 0.4) is 0 Å². The first-order valence-electron chi connectivity index (χ1n) is 11.0. The van der Waals surface area contributed by atoms with Crippen LogP contribution in [-0.2, 0) is 12.1 Å². The summed E-state index contributed by atoms with van der Waals surface area (Å²) in [5.41, 5.74) is -3.08. The predicted octanol–water partition coefficient (Wildman–Crippen LogP) is 8.41. The predicted molar refractivity (Wildman–Crippen MR) is 121 cm³/mol. The van der Waals surface area contributed by atoms with Crippen molar-refractivity contribution in [2.75, 3.05) is 6.54 Å². The molecule has 3 nitrogen and oxygen atoms in total. The number of aliphatic hydroxyl groups excluding tert-OH is 1. The lowest BCUT2D eigenvalue weighted by Crippen LogP contribution is -2.40. The molecule has 0 amide bonds. The summed E-state index contributed by atoms with van der Waals surface area (Å²) < 4.78 is 150. The number of rotatable bonds is 8. The average Bonchev–Trinajstić information content (AvgIpc) is 2.84. The molecule has 2 N–H and O–H groups in total. The zero-order valence-electron chi connectivity index (χ0n) is 19.6. The van der Waals surface area contributed by atoms with E-state index in [1.807, 2.05) is 0 Å². The minimum atomic E-state index is -5.97. The van der Waals surface area contributed by atoms with Crippen molar-refractivity contribution in [1.82, 2.24) is 5.32 Å². The Labute approximate surface area is 224 Å². The highest BCUT2D eigenvalue weighted by Crippen LogP contribution is 2.44. The summed E-state index contributed by atoms with van der Waals surface area (Å²) in [4.78, 5) is 0. The maximum absolute atomic E-state index is 14.0. The first kappa shape index (κ1) is 31.4. The zero-order valence-corrected chi connectivity index (χ0v) is 20.4. The Morgan fingerprint density at radius 3 is 1.90 bits per heavy atom. The summed E-state index contributed by atoms with van der Waals surface area (Å²) in [6.45, 7) is -1.19. The molecule has 0 spiro atoms. The molecule has 0 fully saturated rings. The third kappa shape index (κ3) is 7.34. The molecule has 0 bridgehead atoms. The fourth-order valence-electron chi connectivity index (χ4n) is 3.53. The van der Waals surface area contributed by atoms with Gasteiger partial charge in [-0.2, -0.15) is 48.3 Å². The summed E-state index contributed by atoms with van der Waals surface area (Å²) >= 11 is 5.58.